The number of rotatable bonds is 2. The van der Waals surface area contributed by atoms with Crippen molar-refractivity contribution in [1.29, 1.82) is 0 Å². The molecule has 0 aliphatic heterocycles. The second-order valence-corrected chi connectivity index (χ2v) is 5.16. The Balaban J connectivity index is 3.02. The number of halogens is 3. The minimum absolute atomic E-state index is 0.190. The summed E-state index contributed by atoms with van der Waals surface area (Å²) in [5.41, 5.74) is 0.411. The monoisotopic (exact) mass is 242 g/mol. The van der Waals surface area contributed by atoms with Crippen molar-refractivity contribution in [2.24, 2.45) is 0 Å². The van der Waals surface area contributed by atoms with Gasteiger partial charge in [-0.05, 0) is 13.0 Å². The van der Waals surface area contributed by atoms with Crippen LogP contribution in [0.4, 0.5) is 0 Å². The molecule has 0 saturated heterocycles. The van der Waals surface area contributed by atoms with Crippen LogP contribution in [0.2, 0.25) is 8.67 Å². The Kier molecular flexibility index (Phi) is 3.41. The zero-order valence-corrected chi connectivity index (χ0v) is 9.19. The molecule has 0 bridgehead atoms. The number of alkyl halides is 1. The fraction of sp³-hybridized carbons (Fsp3) is 0.286. The summed E-state index contributed by atoms with van der Waals surface area (Å²) in [7, 11) is 0. The van der Waals surface area contributed by atoms with Crippen molar-refractivity contribution in [3.05, 3.63) is 20.3 Å². The summed E-state index contributed by atoms with van der Waals surface area (Å²) >= 11 is 18.2. The number of Topliss-reactive ketones (excluding diaryl/α,β-unsaturated/α-hetero) is 1. The average molecular weight is 244 g/mol. The van der Waals surface area contributed by atoms with Crippen molar-refractivity contribution < 1.29 is 4.79 Å². The van der Waals surface area contributed by atoms with Gasteiger partial charge in [0.25, 0.3) is 0 Å². The first-order valence-corrected chi connectivity index (χ1v) is 5.16. The maximum atomic E-state index is 11.3. The highest BCUT2D eigenvalue weighted by molar-refractivity contribution is 7.20. The number of carbonyl (C=O) groups excluding carboxylic acids is 1. The van der Waals surface area contributed by atoms with Gasteiger partial charge in [0.2, 0.25) is 0 Å². The maximum Gasteiger partial charge on any atom is 0.182 e. The van der Waals surface area contributed by atoms with Crippen LogP contribution in [0.3, 0.4) is 0 Å². The van der Waals surface area contributed by atoms with Gasteiger partial charge in [-0.3, -0.25) is 4.79 Å². The number of ketones is 1. The van der Waals surface area contributed by atoms with E-state index in [0.717, 1.165) is 0 Å². The molecule has 1 aromatic heterocycles. The predicted molar refractivity (Wildman–Crippen MR) is 54.0 cm³/mol. The number of hydrogen-bond acceptors (Lipinski definition) is 2. The van der Waals surface area contributed by atoms with Crippen LogP contribution in [0.5, 0.6) is 0 Å². The van der Waals surface area contributed by atoms with E-state index in [2.05, 4.69) is 0 Å². The standard InChI is InChI=1S/C7H5Cl3OS/c1-3(8)6(11)4-2-5(9)12-7(4)10/h2-3H,1H3. The lowest BCUT2D eigenvalue weighted by atomic mass is 10.2. The summed E-state index contributed by atoms with van der Waals surface area (Å²) in [5.74, 6) is -0.190. The lowest BCUT2D eigenvalue weighted by Gasteiger charge is -1.98. The summed E-state index contributed by atoms with van der Waals surface area (Å²) in [5, 5.41) is -0.562. The fourth-order valence-corrected chi connectivity index (χ4v) is 2.31. The summed E-state index contributed by atoms with van der Waals surface area (Å²) in [4.78, 5) is 11.3. The zero-order chi connectivity index (χ0) is 9.30. The molecule has 1 unspecified atom stereocenters. The third kappa shape index (κ3) is 2.13. The maximum absolute atomic E-state index is 11.3. The van der Waals surface area contributed by atoms with Crippen LogP contribution in [0.1, 0.15) is 17.3 Å². The van der Waals surface area contributed by atoms with E-state index in [4.69, 9.17) is 34.8 Å². The molecule has 5 heteroatoms. The van der Waals surface area contributed by atoms with E-state index in [1.54, 1.807) is 6.92 Å². The molecule has 1 rings (SSSR count). The van der Waals surface area contributed by atoms with E-state index < -0.39 is 5.38 Å². The fourth-order valence-electron chi connectivity index (χ4n) is 0.723. The molecule has 66 valence electrons. The summed E-state index contributed by atoms with van der Waals surface area (Å²) in [6, 6.07) is 1.54. The van der Waals surface area contributed by atoms with Crippen molar-refractivity contribution in [1.82, 2.24) is 0 Å². The first-order valence-electron chi connectivity index (χ1n) is 3.15. The van der Waals surface area contributed by atoms with Crippen LogP contribution in [0.15, 0.2) is 6.07 Å². The molecule has 0 saturated carbocycles. The van der Waals surface area contributed by atoms with E-state index in [1.807, 2.05) is 0 Å². The molecule has 0 N–H and O–H groups in total. The van der Waals surface area contributed by atoms with Gasteiger partial charge in [0, 0.05) is 0 Å². The molecule has 0 radical (unpaired) electrons. The van der Waals surface area contributed by atoms with E-state index in [1.165, 1.54) is 17.4 Å². The molecular weight excluding hydrogens is 239 g/mol. The number of carbonyl (C=O) groups is 1. The SMILES string of the molecule is CC(Cl)C(=O)c1cc(Cl)sc1Cl. The van der Waals surface area contributed by atoms with Crippen molar-refractivity contribution in [3.8, 4) is 0 Å². The van der Waals surface area contributed by atoms with Gasteiger partial charge in [-0.2, -0.15) is 0 Å². The van der Waals surface area contributed by atoms with Gasteiger partial charge in [0.05, 0.1) is 15.3 Å². The van der Waals surface area contributed by atoms with E-state index in [9.17, 15) is 4.79 Å². The molecule has 1 heterocycles. The van der Waals surface area contributed by atoms with E-state index in [-0.39, 0.29) is 5.78 Å². The molecule has 1 aromatic rings. The smallest absolute Gasteiger partial charge is 0.182 e. The van der Waals surface area contributed by atoms with Gasteiger partial charge in [0.15, 0.2) is 5.78 Å². The Morgan fingerprint density at radius 3 is 2.50 bits per heavy atom. The lowest BCUT2D eigenvalue weighted by Crippen LogP contribution is -2.09. The summed E-state index contributed by atoms with van der Waals surface area (Å²) in [6.45, 7) is 1.60. The first kappa shape index (κ1) is 10.3. The molecule has 0 fully saturated rings. The van der Waals surface area contributed by atoms with E-state index >= 15 is 0 Å². The summed E-state index contributed by atoms with van der Waals surface area (Å²) < 4.78 is 0.901. The highest BCUT2D eigenvalue weighted by atomic mass is 35.5. The van der Waals surface area contributed by atoms with Crippen molar-refractivity contribution >= 4 is 51.9 Å². The molecule has 0 aliphatic rings. The third-order valence-corrected chi connectivity index (χ3v) is 2.97. The molecule has 0 aromatic carbocycles. The van der Waals surface area contributed by atoms with Gasteiger partial charge in [-0.25, -0.2) is 0 Å². The van der Waals surface area contributed by atoms with Crippen LogP contribution in [-0.2, 0) is 0 Å². The first-order chi connectivity index (χ1) is 5.52. The second kappa shape index (κ2) is 3.97. The molecule has 0 spiro atoms. The van der Waals surface area contributed by atoms with Gasteiger partial charge >= 0.3 is 0 Å². The lowest BCUT2D eigenvalue weighted by molar-refractivity contribution is 0.0992. The second-order valence-electron chi connectivity index (χ2n) is 2.22. The Morgan fingerprint density at radius 2 is 2.17 bits per heavy atom. The minimum atomic E-state index is -0.562. The minimum Gasteiger partial charge on any atom is -0.292 e. The Labute approximate surface area is 89.2 Å². The largest absolute Gasteiger partial charge is 0.292 e. The van der Waals surface area contributed by atoms with Crippen LogP contribution < -0.4 is 0 Å². The van der Waals surface area contributed by atoms with Crippen molar-refractivity contribution in [2.75, 3.05) is 0 Å². The van der Waals surface area contributed by atoms with Crippen molar-refractivity contribution in [3.63, 3.8) is 0 Å². The quantitative estimate of drug-likeness (QED) is 0.569. The highest BCUT2D eigenvalue weighted by Crippen LogP contribution is 2.32. The van der Waals surface area contributed by atoms with Gasteiger partial charge in [-0.15, -0.1) is 22.9 Å². The van der Waals surface area contributed by atoms with Crippen molar-refractivity contribution in [2.45, 2.75) is 12.3 Å². The topological polar surface area (TPSA) is 17.1 Å². The normalized spacial score (nSPS) is 13.0. The van der Waals surface area contributed by atoms with Gasteiger partial charge in [0.1, 0.15) is 4.34 Å². The van der Waals surface area contributed by atoms with E-state index in [0.29, 0.717) is 14.2 Å². The Bertz CT molecular complexity index is 306. The molecule has 0 amide bonds. The Hall–Kier alpha value is 0.240. The van der Waals surface area contributed by atoms with Crippen LogP contribution in [-0.4, -0.2) is 11.2 Å². The zero-order valence-electron chi connectivity index (χ0n) is 6.11. The molecular formula is C7H5Cl3OS. The molecule has 1 atom stereocenters. The van der Waals surface area contributed by atoms with Gasteiger partial charge < -0.3 is 0 Å². The molecule has 12 heavy (non-hydrogen) atoms. The molecule has 1 nitrogen and oxygen atoms in total. The van der Waals surface area contributed by atoms with Gasteiger partial charge in [-0.1, -0.05) is 23.2 Å². The summed E-state index contributed by atoms with van der Waals surface area (Å²) in [6.07, 6.45) is 0. The van der Waals surface area contributed by atoms with Crippen LogP contribution in [0, 0.1) is 0 Å². The highest BCUT2D eigenvalue weighted by Gasteiger charge is 2.17. The third-order valence-electron chi connectivity index (χ3n) is 1.28. The predicted octanol–water partition coefficient (Wildman–Crippen LogP) is 3.86. The Morgan fingerprint density at radius 1 is 1.58 bits per heavy atom. The average Bonchev–Trinajstić information content (AvgIpc) is 2.28. The van der Waals surface area contributed by atoms with Crippen LogP contribution in [0.25, 0.3) is 0 Å². The van der Waals surface area contributed by atoms with Crippen LogP contribution >= 0.6 is 46.1 Å². The number of thiophene rings is 1. The molecule has 0 aliphatic carbocycles. The number of hydrogen-bond donors (Lipinski definition) is 0.